The Balaban J connectivity index is 1.99. The van der Waals surface area contributed by atoms with E-state index in [9.17, 15) is 9.18 Å². The second-order valence-electron chi connectivity index (χ2n) is 5.13. The molecule has 0 N–H and O–H groups in total. The second-order valence-corrected chi connectivity index (χ2v) is 5.13. The van der Waals surface area contributed by atoms with Crippen LogP contribution in [0.25, 0.3) is 10.9 Å². The molecule has 1 saturated heterocycles. The maximum atomic E-state index is 14.3. The number of carbonyl (C=O) groups excluding carboxylic acids is 1. The number of pyridine rings is 1. The first kappa shape index (κ1) is 13.8. The Morgan fingerprint density at radius 1 is 1.33 bits per heavy atom. The maximum absolute atomic E-state index is 14.3. The van der Waals surface area contributed by atoms with Gasteiger partial charge in [-0.3, -0.25) is 4.98 Å². The fraction of sp³-hybridized carbons (Fsp3) is 0.375. The minimum atomic E-state index is -0.434. The minimum absolute atomic E-state index is 0.271. The zero-order chi connectivity index (χ0) is 14.8. The third kappa shape index (κ3) is 2.68. The van der Waals surface area contributed by atoms with Crippen LogP contribution < -0.4 is 4.90 Å². The van der Waals surface area contributed by atoms with Gasteiger partial charge >= 0.3 is 5.97 Å². The second kappa shape index (κ2) is 5.68. The Morgan fingerprint density at radius 2 is 2.10 bits per heavy atom. The van der Waals surface area contributed by atoms with Crippen LogP contribution in [0.1, 0.15) is 30.1 Å². The van der Waals surface area contributed by atoms with Crippen molar-refractivity contribution < 1.29 is 13.9 Å². The summed E-state index contributed by atoms with van der Waals surface area (Å²) in [5.41, 5.74) is 1.63. The van der Waals surface area contributed by atoms with Crippen molar-refractivity contribution in [3.05, 3.63) is 35.8 Å². The number of esters is 1. The fourth-order valence-corrected chi connectivity index (χ4v) is 2.66. The van der Waals surface area contributed by atoms with Gasteiger partial charge in [0.15, 0.2) is 0 Å². The third-order valence-electron chi connectivity index (χ3n) is 3.71. The molecule has 1 aromatic carbocycles. The zero-order valence-corrected chi connectivity index (χ0v) is 11.9. The summed E-state index contributed by atoms with van der Waals surface area (Å²) in [6.07, 6.45) is 3.66. The molecule has 2 heterocycles. The van der Waals surface area contributed by atoms with Gasteiger partial charge in [-0.15, -0.1) is 0 Å². The highest BCUT2D eigenvalue weighted by Crippen LogP contribution is 2.28. The van der Waals surface area contributed by atoms with Crippen LogP contribution in [-0.4, -0.2) is 30.6 Å². The molecule has 5 heteroatoms. The number of rotatable bonds is 3. The van der Waals surface area contributed by atoms with Gasteiger partial charge in [-0.05, 0) is 38.0 Å². The van der Waals surface area contributed by atoms with Crippen LogP contribution in [0.15, 0.2) is 24.4 Å². The molecule has 0 aliphatic carbocycles. The molecule has 0 saturated carbocycles. The summed E-state index contributed by atoms with van der Waals surface area (Å²) in [5.74, 6) is -0.705. The van der Waals surface area contributed by atoms with Gasteiger partial charge in [-0.2, -0.15) is 0 Å². The van der Waals surface area contributed by atoms with Gasteiger partial charge in [0.1, 0.15) is 5.82 Å². The lowest BCUT2D eigenvalue weighted by atomic mass is 10.1. The number of hydrogen-bond acceptors (Lipinski definition) is 4. The molecule has 1 fully saturated rings. The first-order valence-corrected chi connectivity index (χ1v) is 7.20. The summed E-state index contributed by atoms with van der Waals surface area (Å²) in [4.78, 5) is 18.0. The van der Waals surface area contributed by atoms with Gasteiger partial charge in [0.25, 0.3) is 0 Å². The molecule has 0 atom stereocenters. The Labute approximate surface area is 122 Å². The number of anilines is 1. The predicted molar refractivity (Wildman–Crippen MR) is 79.1 cm³/mol. The molecule has 0 unspecified atom stereocenters. The van der Waals surface area contributed by atoms with E-state index in [1.54, 1.807) is 19.1 Å². The average molecular weight is 288 g/mol. The lowest BCUT2D eigenvalue weighted by Gasteiger charge is -2.18. The van der Waals surface area contributed by atoms with Crippen molar-refractivity contribution in [3.8, 4) is 0 Å². The topological polar surface area (TPSA) is 42.4 Å². The minimum Gasteiger partial charge on any atom is -0.462 e. The van der Waals surface area contributed by atoms with Crippen LogP contribution in [0.4, 0.5) is 10.1 Å². The van der Waals surface area contributed by atoms with Crippen LogP contribution in [-0.2, 0) is 4.74 Å². The lowest BCUT2D eigenvalue weighted by molar-refractivity contribution is 0.0526. The Kier molecular flexibility index (Phi) is 3.73. The number of carbonyl (C=O) groups is 1. The van der Waals surface area contributed by atoms with Crippen molar-refractivity contribution in [2.24, 2.45) is 0 Å². The summed E-state index contributed by atoms with van der Waals surface area (Å²) in [7, 11) is 0. The Bertz CT molecular complexity index is 681. The van der Waals surface area contributed by atoms with Gasteiger partial charge in [-0.25, -0.2) is 9.18 Å². The number of fused-ring (bicyclic) bond motifs is 1. The molecule has 110 valence electrons. The van der Waals surface area contributed by atoms with Crippen molar-refractivity contribution in [1.29, 1.82) is 0 Å². The van der Waals surface area contributed by atoms with Crippen LogP contribution in [0.2, 0.25) is 0 Å². The number of aromatic nitrogens is 1. The van der Waals surface area contributed by atoms with E-state index in [4.69, 9.17) is 4.74 Å². The highest BCUT2D eigenvalue weighted by atomic mass is 19.1. The molecule has 2 aromatic rings. The van der Waals surface area contributed by atoms with Crippen LogP contribution in [0, 0.1) is 5.82 Å². The highest BCUT2D eigenvalue weighted by Gasteiger charge is 2.17. The largest absolute Gasteiger partial charge is 0.462 e. The fourth-order valence-electron chi connectivity index (χ4n) is 2.66. The molecule has 0 radical (unpaired) electrons. The van der Waals surface area contributed by atoms with Gasteiger partial charge in [-0.1, -0.05) is 0 Å². The molecule has 0 amide bonds. The standard InChI is InChI=1S/C16H17FN2O2/c1-2-21-16(20)12-7-11-8-13(17)15(9-14(11)18-10-12)19-5-3-4-6-19/h7-10H,2-6H2,1H3. The van der Waals surface area contributed by atoms with E-state index in [2.05, 4.69) is 4.98 Å². The summed E-state index contributed by atoms with van der Waals surface area (Å²) in [6.45, 7) is 3.81. The first-order valence-electron chi connectivity index (χ1n) is 7.20. The third-order valence-corrected chi connectivity index (χ3v) is 3.71. The van der Waals surface area contributed by atoms with Crippen molar-refractivity contribution in [2.75, 3.05) is 24.6 Å². The predicted octanol–water partition coefficient (Wildman–Crippen LogP) is 3.15. The normalized spacial score (nSPS) is 14.7. The van der Waals surface area contributed by atoms with E-state index in [0.29, 0.717) is 28.8 Å². The van der Waals surface area contributed by atoms with E-state index in [1.807, 2.05) is 4.90 Å². The molecule has 1 aliphatic rings. The number of hydrogen-bond donors (Lipinski definition) is 0. The summed E-state index contributed by atoms with van der Waals surface area (Å²) < 4.78 is 19.2. The van der Waals surface area contributed by atoms with Gasteiger partial charge < -0.3 is 9.64 Å². The molecule has 0 bridgehead atoms. The number of halogens is 1. The van der Waals surface area contributed by atoms with Crippen molar-refractivity contribution in [1.82, 2.24) is 4.98 Å². The van der Waals surface area contributed by atoms with Crippen LogP contribution >= 0.6 is 0 Å². The van der Waals surface area contributed by atoms with Gasteiger partial charge in [0.05, 0.1) is 23.4 Å². The lowest BCUT2D eigenvalue weighted by Crippen LogP contribution is -2.19. The Morgan fingerprint density at radius 3 is 2.81 bits per heavy atom. The molecular formula is C16H17FN2O2. The Hall–Kier alpha value is -2.17. The van der Waals surface area contributed by atoms with Crippen molar-refractivity contribution in [3.63, 3.8) is 0 Å². The quantitative estimate of drug-likeness (QED) is 0.814. The molecular weight excluding hydrogens is 271 g/mol. The van der Waals surface area contributed by atoms with E-state index in [1.165, 1.54) is 12.3 Å². The molecule has 1 aliphatic heterocycles. The van der Waals surface area contributed by atoms with E-state index in [0.717, 1.165) is 25.9 Å². The highest BCUT2D eigenvalue weighted by molar-refractivity contribution is 5.94. The SMILES string of the molecule is CCOC(=O)c1cnc2cc(N3CCCC3)c(F)cc2c1. The van der Waals surface area contributed by atoms with Crippen molar-refractivity contribution in [2.45, 2.75) is 19.8 Å². The molecule has 3 rings (SSSR count). The van der Waals surface area contributed by atoms with E-state index in [-0.39, 0.29) is 5.82 Å². The monoisotopic (exact) mass is 288 g/mol. The number of nitrogens with zero attached hydrogens (tertiary/aromatic N) is 2. The van der Waals surface area contributed by atoms with E-state index >= 15 is 0 Å². The summed E-state index contributed by atoms with van der Waals surface area (Å²) in [5, 5.41) is 0.612. The van der Waals surface area contributed by atoms with Gasteiger partial charge in [0, 0.05) is 24.7 Å². The summed E-state index contributed by atoms with van der Waals surface area (Å²) in [6, 6.07) is 4.82. The first-order chi connectivity index (χ1) is 10.2. The smallest absolute Gasteiger partial charge is 0.339 e. The number of ether oxygens (including phenoxy) is 1. The van der Waals surface area contributed by atoms with Crippen molar-refractivity contribution >= 4 is 22.6 Å². The molecule has 1 aromatic heterocycles. The maximum Gasteiger partial charge on any atom is 0.339 e. The molecule has 4 nitrogen and oxygen atoms in total. The summed E-state index contributed by atoms with van der Waals surface area (Å²) >= 11 is 0. The van der Waals surface area contributed by atoms with Gasteiger partial charge in [0.2, 0.25) is 0 Å². The van der Waals surface area contributed by atoms with Crippen LogP contribution in [0.3, 0.4) is 0 Å². The molecule has 0 spiro atoms. The average Bonchev–Trinajstić information content (AvgIpc) is 3.00. The van der Waals surface area contributed by atoms with Crippen LogP contribution in [0.5, 0.6) is 0 Å². The molecule has 21 heavy (non-hydrogen) atoms. The van der Waals surface area contributed by atoms with E-state index < -0.39 is 5.97 Å². The zero-order valence-electron chi connectivity index (χ0n) is 11.9. The number of benzene rings is 1.